The number of amides is 2. The summed E-state index contributed by atoms with van der Waals surface area (Å²) in [6, 6.07) is 7.39. The number of carbonyl (C=O) groups excluding carboxylic acids is 1. The van der Waals surface area contributed by atoms with Gasteiger partial charge in [-0.25, -0.2) is 4.79 Å². The summed E-state index contributed by atoms with van der Waals surface area (Å²) in [7, 11) is 1.63. The first-order valence-corrected chi connectivity index (χ1v) is 7.63. The number of piperidine rings is 1. The van der Waals surface area contributed by atoms with Crippen LogP contribution in [-0.2, 0) is 0 Å². The van der Waals surface area contributed by atoms with E-state index in [0.717, 1.165) is 50.5 Å². The van der Waals surface area contributed by atoms with Gasteiger partial charge in [0.2, 0.25) is 0 Å². The summed E-state index contributed by atoms with van der Waals surface area (Å²) in [5.41, 5.74) is 0.801. The summed E-state index contributed by atoms with van der Waals surface area (Å²) in [5, 5.41) is 6.32. The van der Waals surface area contributed by atoms with Gasteiger partial charge >= 0.3 is 6.03 Å². The minimum Gasteiger partial charge on any atom is -0.497 e. The van der Waals surface area contributed by atoms with Crippen molar-refractivity contribution in [2.24, 2.45) is 5.92 Å². The highest BCUT2D eigenvalue weighted by Gasteiger charge is 2.22. The summed E-state index contributed by atoms with van der Waals surface area (Å²) >= 11 is 0. The van der Waals surface area contributed by atoms with Gasteiger partial charge in [-0.15, -0.1) is 0 Å². The number of nitrogens with zero attached hydrogens (tertiary/aromatic N) is 1. The third-order valence-electron chi connectivity index (χ3n) is 3.93. The molecule has 5 heteroatoms. The molecule has 0 spiro atoms. The number of likely N-dealkylation sites (tertiary alicyclic amines) is 1. The van der Waals surface area contributed by atoms with Gasteiger partial charge in [-0.1, -0.05) is 6.92 Å². The van der Waals surface area contributed by atoms with Gasteiger partial charge in [0.15, 0.2) is 0 Å². The second-order valence-electron chi connectivity index (χ2n) is 5.40. The van der Waals surface area contributed by atoms with Crippen molar-refractivity contribution in [3.63, 3.8) is 0 Å². The first kappa shape index (κ1) is 15.6. The molecule has 0 radical (unpaired) electrons. The van der Waals surface area contributed by atoms with Crippen LogP contribution in [0.3, 0.4) is 0 Å². The van der Waals surface area contributed by atoms with E-state index in [1.54, 1.807) is 7.11 Å². The lowest BCUT2D eigenvalue weighted by Gasteiger charge is -2.32. The summed E-state index contributed by atoms with van der Waals surface area (Å²) in [6.07, 6.45) is 2.14. The third-order valence-corrected chi connectivity index (χ3v) is 3.93. The normalized spacial score (nSPS) is 15.8. The molecule has 0 unspecified atom stereocenters. The molecular weight excluding hydrogens is 266 g/mol. The Morgan fingerprint density at radius 3 is 2.52 bits per heavy atom. The van der Waals surface area contributed by atoms with E-state index < -0.39 is 0 Å². The van der Waals surface area contributed by atoms with Crippen molar-refractivity contribution in [1.29, 1.82) is 0 Å². The fraction of sp³-hybridized carbons (Fsp3) is 0.562. The zero-order valence-electron chi connectivity index (χ0n) is 12.9. The van der Waals surface area contributed by atoms with Crippen LogP contribution in [0.25, 0.3) is 0 Å². The van der Waals surface area contributed by atoms with E-state index in [1.807, 2.05) is 29.2 Å². The Balaban J connectivity index is 1.78. The van der Waals surface area contributed by atoms with Crippen molar-refractivity contribution in [1.82, 2.24) is 10.2 Å². The number of carbonyl (C=O) groups is 1. The van der Waals surface area contributed by atoms with Crippen LogP contribution in [-0.4, -0.2) is 44.2 Å². The molecule has 0 saturated carbocycles. The first-order chi connectivity index (χ1) is 10.2. The quantitative estimate of drug-likeness (QED) is 0.876. The van der Waals surface area contributed by atoms with E-state index in [9.17, 15) is 4.79 Å². The highest BCUT2D eigenvalue weighted by atomic mass is 16.5. The van der Waals surface area contributed by atoms with E-state index >= 15 is 0 Å². The van der Waals surface area contributed by atoms with Crippen LogP contribution < -0.4 is 15.4 Å². The lowest BCUT2D eigenvalue weighted by atomic mass is 9.97. The standard InChI is InChI=1S/C16H25N3O2/c1-3-17-12-13-8-10-19(11-9-13)16(20)18-14-4-6-15(21-2)7-5-14/h4-7,13,17H,3,8-12H2,1-2H3,(H,18,20). The lowest BCUT2D eigenvalue weighted by Crippen LogP contribution is -2.42. The molecule has 1 aromatic carbocycles. The van der Waals surface area contributed by atoms with Crippen LogP contribution >= 0.6 is 0 Å². The van der Waals surface area contributed by atoms with Crippen molar-refractivity contribution < 1.29 is 9.53 Å². The Hall–Kier alpha value is -1.75. The zero-order valence-corrected chi connectivity index (χ0v) is 12.9. The summed E-state index contributed by atoms with van der Waals surface area (Å²) in [4.78, 5) is 14.1. The van der Waals surface area contributed by atoms with Crippen LogP contribution in [0.2, 0.25) is 0 Å². The average Bonchev–Trinajstić information content (AvgIpc) is 2.54. The largest absolute Gasteiger partial charge is 0.497 e. The number of methoxy groups -OCH3 is 1. The van der Waals surface area contributed by atoms with Crippen molar-refractivity contribution in [3.8, 4) is 5.75 Å². The molecule has 0 bridgehead atoms. The molecular formula is C16H25N3O2. The predicted molar refractivity (Wildman–Crippen MR) is 84.9 cm³/mol. The number of anilines is 1. The molecule has 21 heavy (non-hydrogen) atoms. The molecule has 1 aliphatic rings. The van der Waals surface area contributed by atoms with Crippen molar-refractivity contribution in [3.05, 3.63) is 24.3 Å². The molecule has 1 aromatic rings. The zero-order chi connectivity index (χ0) is 15.1. The maximum atomic E-state index is 12.2. The average molecular weight is 291 g/mol. The summed E-state index contributed by atoms with van der Waals surface area (Å²) in [6.45, 7) is 5.86. The maximum absolute atomic E-state index is 12.2. The van der Waals surface area contributed by atoms with Crippen LogP contribution in [0.15, 0.2) is 24.3 Å². The lowest BCUT2D eigenvalue weighted by molar-refractivity contribution is 0.182. The minimum absolute atomic E-state index is 0.0120. The van der Waals surface area contributed by atoms with Gasteiger partial charge in [0.25, 0.3) is 0 Å². The molecule has 0 aliphatic carbocycles. The van der Waals surface area contributed by atoms with Gasteiger partial charge in [0.1, 0.15) is 5.75 Å². The summed E-state index contributed by atoms with van der Waals surface area (Å²) in [5.74, 6) is 1.48. The Morgan fingerprint density at radius 1 is 1.29 bits per heavy atom. The van der Waals surface area contributed by atoms with Gasteiger partial charge in [0.05, 0.1) is 7.11 Å². The van der Waals surface area contributed by atoms with Crippen molar-refractivity contribution in [2.45, 2.75) is 19.8 Å². The fourth-order valence-electron chi connectivity index (χ4n) is 2.57. The number of hydrogen-bond acceptors (Lipinski definition) is 3. The van der Waals surface area contributed by atoms with Crippen LogP contribution in [0.4, 0.5) is 10.5 Å². The molecule has 2 amide bonds. The number of hydrogen-bond donors (Lipinski definition) is 2. The maximum Gasteiger partial charge on any atom is 0.321 e. The van der Waals surface area contributed by atoms with Crippen molar-refractivity contribution >= 4 is 11.7 Å². The number of ether oxygens (including phenoxy) is 1. The van der Waals surface area contributed by atoms with E-state index in [1.165, 1.54) is 0 Å². The van der Waals surface area contributed by atoms with E-state index in [0.29, 0.717) is 5.92 Å². The molecule has 2 rings (SSSR count). The van der Waals surface area contributed by atoms with Gasteiger partial charge in [-0.3, -0.25) is 0 Å². The molecule has 1 heterocycles. The minimum atomic E-state index is -0.0120. The Bertz CT molecular complexity index is 439. The smallest absolute Gasteiger partial charge is 0.321 e. The van der Waals surface area contributed by atoms with Crippen LogP contribution in [0, 0.1) is 5.92 Å². The van der Waals surface area contributed by atoms with E-state index in [4.69, 9.17) is 4.74 Å². The fourth-order valence-corrected chi connectivity index (χ4v) is 2.57. The van der Waals surface area contributed by atoms with E-state index in [-0.39, 0.29) is 6.03 Å². The topological polar surface area (TPSA) is 53.6 Å². The number of urea groups is 1. The van der Waals surface area contributed by atoms with Crippen LogP contribution in [0.5, 0.6) is 5.75 Å². The summed E-state index contributed by atoms with van der Waals surface area (Å²) < 4.78 is 5.11. The highest BCUT2D eigenvalue weighted by Crippen LogP contribution is 2.19. The molecule has 2 N–H and O–H groups in total. The van der Waals surface area contributed by atoms with Gasteiger partial charge in [0, 0.05) is 18.8 Å². The molecule has 0 aromatic heterocycles. The van der Waals surface area contributed by atoms with E-state index in [2.05, 4.69) is 17.6 Å². The second kappa shape index (κ2) is 7.88. The first-order valence-electron chi connectivity index (χ1n) is 7.63. The Morgan fingerprint density at radius 2 is 1.95 bits per heavy atom. The monoisotopic (exact) mass is 291 g/mol. The molecule has 0 atom stereocenters. The van der Waals surface area contributed by atoms with Crippen molar-refractivity contribution in [2.75, 3.05) is 38.6 Å². The molecule has 116 valence electrons. The third kappa shape index (κ3) is 4.63. The predicted octanol–water partition coefficient (Wildman–Crippen LogP) is 2.55. The number of nitrogens with one attached hydrogen (secondary N) is 2. The SMILES string of the molecule is CCNCC1CCN(C(=O)Nc2ccc(OC)cc2)CC1. The van der Waals surface area contributed by atoms with Gasteiger partial charge in [-0.05, 0) is 56.1 Å². The second-order valence-corrected chi connectivity index (χ2v) is 5.40. The van der Waals surface area contributed by atoms with Gasteiger partial charge in [-0.2, -0.15) is 0 Å². The van der Waals surface area contributed by atoms with Gasteiger partial charge < -0.3 is 20.3 Å². The number of benzene rings is 1. The van der Waals surface area contributed by atoms with Crippen LogP contribution in [0.1, 0.15) is 19.8 Å². The Labute approximate surface area is 126 Å². The Kier molecular flexibility index (Phi) is 5.87. The molecule has 1 fully saturated rings. The number of rotatable bonds is 5. The molecule has 5 nitrogen and oxygen atoms in total. The molecule has 1 aliphatic heterocycles. The molecule has 1 saturated heterocycles. The highest BCUT2D eigenvalue weighted by molar-refractivity contribution is 5.89.